The van der Waals surface area contributed by atoms with Gasteiger partial charge in [0.1, 0.15) is 35.0 Å². The van der Waals surface area contributed by atoms with E-state index in [-0.39, 0.29) is 17.5 Å². The number of pyridine rings is 2. The number of amides is 1. The Hall–Kier alpha value is -5.01. The van der Waals surface area contributed by atoms with Crippen LogP contribution in [0.1, 0.15) is 34.5 Å². The van der Waals surface area contributed by atoms with E-state index in [1.807, 2.05) is 0 Å². The number of halogens is 5. The fourth-order valence-corrected chi connectivity index (χ4v) is 5.55. The molecule has 1 amide bonds. The highest BCUT2D eigenvalue weighted by Crippen LogP contribution is 2.42. The van der Waals surface area contributed by atoms with E-state index in [1.54, 1.807) is 44.3 Å². The highest BCUT2D eigenvalue weighted by Gasteiger charge is 2.49. The van der Waals surface area contributed by atoms with E-state index in [0.29, 0.717) is 58.4 Å². The molecule has 1 fully saturated rings. The summed E-state index contributed by atoms with van der Waals surface area (Å²) in [5.41, 5.74) is 0.371. The minimum Gasteiger partial charge on any atom is -0.496 e. The second-order valence-electron chi connectivity index (χ2n) is 11.3. The second kappa shape index (κ2) is 13.0. The molecule has 47 heavy (non-hydrogen) atoms. The number of fused-ring (bicyclic) bond motifs is 1. The summed E-state index contributed by atoms with van der Waals surface area (Å²) in [6.07, 6.45) is -2.68. The Labute approximate surface area is 265 Å². The van der Waals surface area contributed by atoms with Crippen molar-refractivity contribution in [3.63, 3.8) is 0 Å². The van der Waals surface area contributed by atoms with Crippen LogP contribution >= 0.6 is 0 Å². The summed E-state index contributed by atoms with van der Waals surface area (Å²) in [6, 6.07) is 6.07. The SMILES string of the molecule is COC(=O)[C@H](Cc1ccc(-c2c(OC)cc(C)n(C)c2=O)c2ncccc12)NC(=O)c1c(F)cc(N[C@H](C2CC2)C(F)(F)F)cc1F. The molecule has 0 saturated heterocycles. The number of nitrogens with zero attached hydrogens (tertiary/aromatic N) is 2. The normalized spacial score (nSPS) is 14.4. The lowest BCUT2D eigenvalue weighted by Gasteiger charge is -2.23. The summed E-state index contributed by atoms with van der Waals surface area (Å²) in [5.74, 6) is -5.46. The summed E-state index contributed by atoms with van der Waals surface area (Å²) in [6.45, 7) is 1.76. The van der Waals surface area contributed by atoms with E-state index in [2.05, 4.69) is 15.6 Å². The number of carbonyl (C=O) groups excluding carboxylic acids is 2. The predicted octanol–water partition coefficient (Wildman–Crippen LogP) is 5.46. The highest BCUT2D eigenvalue weighted by atomic mass is 19.4. The van der Waals surface area contributed by atoms with Gasteiger partial charge in [-0.05, 0) is 49.4 Å². The van der Waals surface area contributed by atoms with Gasteiger partial charge in [0, 0.05) is 48.1 Å². The van der Waals surface area contributed by atoms with Crippen LogP contribution in [0.4, 0.5) is 27.6 Å². The van der Waals surface area contributed by atoms with Crippen molar-refractivity contribution >= 4 is 28.5 Å². The Kier molecular flexibility index (Phi) is 9.23. The van der Waals surface area contributed by atoms with E-state index in [0.717, 1.165) is 7.11 Å². The topological polar surface area (TPSA) is 112 Å². The molecule has 14 heteroatoms. The predicted molar refractivity (Wildman–Crippen MR) is 163 cm³/mol. The Morgan fingerprint density at radius 2 is 1.77 bits per heavy atom. The van der Waals surface area contributed by atoms with Crippen LogP contribution < -0.4 is 20.9 Å². The van der Waals surface area contributed by atoms with Gasteiger partial charge in [0.2, 0.25) is 0 Å². The van der Waals surface area contributed by atoms with Crippen LogP contribution in [-0.2, 0) is 23.0 Å². The first-order valence-electron chi connectivity index (χ1n) is 14.6. The lowest BCUT2D eigenvalue weighted by Crippen LogP contribution is -2.43. The van der Waals surface area contributed by atoms with E-state index in [9.17, 15) is 27.6 Å². The number of anilines is 1. The average molecular weight is 659 g/mol. The first-order chi connectivity index (χ1) is 22.2. The van der Waals surface area contributed by atoms with Gasteiger partial charge in [-0.1, -0.05) is 18.2 Å². The third-order valence-corrected chi connectivity index (χ3v) is 8.24. The number of ether oxygens (including phenoxy) is 2. The first kappa shape index (κ1) is 33.4. The zero-order valence-electron chi connectivity index (χ0n) is 25.8. The third kappa shape index (κ3) is 6.76. The first-order valence-corrected chi connectivity index (χ1v) is 14.6. The van der Waals surface area contributed by atoms with Crippen molar-refractivity contribution < 1.29 is 41.0 Å². The Bertz CT molecular complexity index is 1900. The summed E-state index contributed by atoms with van der Waals surface area (Å²) in [7, 11) is 4.13. The molecular formula is C33H31F5N4O5. The third-order valence-electron chi connectivity index (χ3n) is 8.24. The van der Waals surface area contributed by atoms with Crippen LogP contribution in [-0.4, -0.2) is 53.9 Å². The number of carbonyl (C=O) groups is 2. The number of hydrogen-bond donors (Lipinski definition) is 2. The lowest BCUT2D eigenvalue weighted by atomic mass is 9.95. The number of benzene rings is 2. The van der Waals surface area contributed by atoms with Gasteiger partial charge in [0.15, 0.2) is 0 Å². The summed E-state index contributed by atoms with van der Waals surface area (Å²) >= 11 is 0. The molecule has 2 aromatic carbocycles. The maximum absolute atomic E-state index is 15.1. The standard InChI is InChI=1S/C33H31F5N4O5/c1-16-12-25(46-3)26(31(44)42(16)2)21-10-9-18(20-6-5-11-39-28(20)21)13-24(32(45)47-4)41-30(43)27-22(34)14-19(15-23(27)35)40-29(17-7-8-17)33(36,37)38/h5-6,9-12,14-15,17,24,29,40H,7-8,13H2,1-4H3,(H,41,43)/t24-,29+/m0/s1. The summed E-state index contributed by atoms with van der Waals surface area (Å²) in [5, 5.41) is 4.94. The van der Waals surface area contributed by atoms with Gasteiger partial charge in [0.05, 0.1) is 25.3 Å². The monoisotopic (exact) mass is 658 g/mol. The molecule has 248 valence electrons. The quantitative estimate of drug-likeness (QED) is 0.172. The molecule has 0 spiro atoms. The zero-order chi connectivity index (χ0) is 34.2. The minimum atomic E-state index is -4.64. The summed E-state index contributed by atoms with van der Waals surface area (Å²) < 4.78 is 82.3. The van der Waals surface area contributed by atoms with Crippen molar-refractivity contribution in [2.75, 3.05) is 19.5 Å². The van der Waals surface area contributed by atoms with Crippen molar-refractivity contribution in [2.24, 2.45) is 13.0 Å². The molecule has 9 nitrogen and oxygen atoms in total. The van der Waals surface area contributed by atoms with Crippen LogP contribution in [0.3, 0.4) is 0 Å². The van der Waals surface area contributed by atoms with Gasteiger partial charge in [-0.3, -0.25) is 14.6 Å². The number of methoxy groups -OCH3 is 2. The van der Waals surface area contributed by atoms with Gasteiger partial charge in [-0.15, -0.1) is 0 Å². The van der Waals surface area contributed by atoms with Crippen LogP contribution in [0, 0.1) is 24.5 Å². The highest BCUT2D eigenvalue weighted by molar-refractivity contribution is 5.99. The van der Waals surface area contributed by atoms with Crippen molar-refractivity contribution in [3.8, 4) is 16.9 Å². The molecule has 1 aliphatic rings. The van der Waals surface area contributed by atoms with Crippen LogP contribution in [0.25, 0.3) is 22.0 Å². The number of rotatable bonds is 10. The number of alkyl halides is 3. The van der Waals surface area contributed by atoms with Crippen LogP contribution in [0.2, 0.25) is 0 Å². The number of esters is 1. The number of aromatic nitrogens is 2. The van der Waals surface area contributed by atoms with Gasteiger partial charge in [-0.2, -0.15) is 13.2 Å². The van der Waals surface area contributed by atoms with E-state index in [4.69, 9.17) is 9.47 Å². The van der Waals surface area contributed by atoms with Gasteiger partial charge >= 0.3 is 12.1 Å². The molecule has 4 aromatic rings. The molecular weight excluding hydrogens is 627 g/mol. The van der Waals surface area contributed by atoms with E-state index < -0.39 is 58.9 Å². The fourth-order valence-electron chi connectivity index (χ4n) is 5.55. The number of hydrogen-bond acceptors (Lipinski definition) is 7. The fraction of sp³-hybridized carbons (Fsp3) is 0.333. The van der Waals surface area contributed by atoms with Gasteiger partial charge in [0.25, 0.3) is 11.5 Å². The molecule has 0 aliphatic heterocycles. The lowest BCUT2D eigenvalue weighted by molar-refractivity contribution is -0.146. The maximum atomic E-state index is 15.1. The maximum Gasteiger partial charge on any atom is 0.408 e. The largest absolute Gasteiger partial charge is 0.496 e. The van der Waals surface area contributed by atoms with Crippen molar-refractivity contribution in [2.45, 2.75) is 44.4 Å². The molecule has 2 heterocycles. The van der Waals surface area contributed by atoms with Crippen LogP contribution in [0.5, 0.6) is 5.75 Å². The van der Waals surface area contributed by atoms with E-state index >= 15 is 8.78 Å². The minimum absolute atomic E-state index is 0.207. The van der Waals surface area contributed by atoms with Crippen molar-refractivity contribution in [3.05, 3.63) is 87.5 Å². The second-order valence-corrected chi connectivity index (χ2v) is 11.3. The molecule has 2 atom stereocenters. The molecule has 0 radical (unpaired) electrons. The zero-order valence-corrected chi connectivity index (χ0v) is 25.8. The molecule has 0 bridgehead atoms. The molecule has 2 N–H and O–H groups in total. The van der Waals surface area contributed by atoms with Crippen LogP contribution in [0.15, 0.2) is 53.5 Å². The van der Waals surface area contributed by atoms with E-state index in [1.165, 1.54) is 17.9 Å². The Morgan fingerprint density at radius 3 is 2.36 bits per heavy atom. The van der Waals surface area contributed by atoms with Gasteiger partial charge < -0.3 is 24.7 Å². The van der Waals surface area contributed by atoms with Crippen molar-refractivity contribution in [1.29, 1.82) is 0 Å². The summed E-state index contributed by atoms with van der Waals surface area (Å²) in [4.78, 5) is 43.7. The Balaban J connectivity index is 1.46. The number of nitrogens with one attached hydrogen (secondary N) is 2. The molecule has 1 aliphatic carbocycles. The molecule has 1 saturated carbocycles. The molecule has 0 unspecified atom stereocenters. The molecule has 2 aromatic heterocycles. The average Bonchev–Trinajstić information content (AvgIpc) is 3.86. The van der Waals surface area contributed by atoms with Crippen molar-refractivity contribution in [1.82, 2.24) is 14.9 Å². The van der Waals surface area contributed by atoms with Gasteiger partial charge in [-0.25, -0.2) is 13.6 Å². The molecule has 5 rings (SSSR count). The Morgan fingerprint density at radius 1 is 1.09 bits per heavy atom. The smallest absolute Gasteiger partial charge is 0.408 e. The number of aryl methyl sites for hydroxylation is 1.